The Morgan fingerprint density at radius 3 is 2.71 bits per heavy atom. The lowest BCUT2D eigenvalue weighted by Gasteiger charge is -2.11. The van der Waals surface area contributed by atoms with Gasteiger partial charge in [-0.1, -0.05) is 44.8 Å². The molecule has 3 aromatic carbocycles. The third-order valence-corrected chi connectivity index (χ3v) is 6.29. The maximum atomic E-state index is 13.2. The number of halogens is 2. The van der Waals surface area contributed by atoms with Crippen LogP contribution in [0.15, 0.2) is 73.4 Å². The van der Waals surface area contributed by atoms with Crippen molar-refractivity contribution in [3.05, 3.63) is 90.8 Å². The molecule has 1 aliphatic heterocycles. The van der Waals surface area contributed by atoms with E-state index in [2.05, 4.69) is 41.9 Å². The summed E-state index contributed by atoms with van der Waals surface area (Å²) in [6.07, 6.45) is 2.18. The largest absolute Gasteiger partial charge is 0.488 e. The van der Waals surface area contributed by atoms with E-state index in [1.54, 1.807) is 12.3 Å². The first-order valence-corrected chi connectivity index (χ1v) is 12.2. The van der Waals surface area contributed by atoms with E-state index in [1.165, 1.54) is 4.68 Å². The van der Waals surface area contributed by atoms with E-state index in [0.29, 0.717) is 41.3 Å². The van der Waals surface area contributed by atoms with Gasteiger partial charge in [0.2, 0.25) is 6.79 Å². The molecule has 0 atom stereocenters. The zero-order valence-electron chi connectivity index (χ0n) is 18.1. The Morgan fingerprint density at radius 2 is 1.85 bits per heavy atom. The van der Waals surface area contributed by atoms with Gasteiger partial charge in [0, 0.05) is 20.9 Å². The van der Waals surface area contributed by atoms with Crippen LogP contribution in [-0.4, -0.2) is 22.7 Å². The van der Waals surface area contributed by atoms with Gasteiger partial charge in [0.25, 0.3) is 5.56 Å². The number of hydrogen-bond acceptors (Lipinski definition) is 6. The Hall–Kier alpha value is -3.17. The number of hydrogen-bond donors (Lipinski definition) is 0. The van der Waals surface area contributed by atoms with Crippen LogP contribution < -0.4 is 19.8 Å². The topological polar surface area (TPSA) is 74.9 Å². The Morgan fingerprint density at radius 1 is 1.06 bits per heavy atom. The van der Waals surface area contributed by atoms with Crippen molar-refractivity contribution in [2.24, 2.45) is 5.10 Å². The molecule has 0 fully saturated rings. The van der Waals surface area contributed by atoms with E-state index in [0.717, 1.165) is 25.8 Å². The average Bonchev–Trinajstić information content (AvgIpc) is 3.31. The van der Waals surface area contributed by atoms with Crippen LogP contribution in [0.2, 0.25) is 0 Å². The van der Waals surface area contributed by atoms with E-state index in [9.17, 15) is 4.79 Å². The molecule has 0 N–H and O–H groups in total. The number of rotatable bonds is 6. The number of fused-ring (bicyclic) bond motifs is 2. The molecule has 0 radical (unpaired) electrons. The van der Waals surface area contributed by atoms with Crippen LogP contribution in [0.4, 0.5) is 0 Å². The van der Waals surface area contributed by atoms with Gasteiger partial charge in [0.1, 0.15) is 18.2 Å². The summed E-state index contributed by atoms with van der Waals surface area (Å²) in [6.45, 7) is 2.51. The zero-order valence-corrected chi connectivity index (χ0v) is 21.3. The van der Waals surface area contributed by atoms with Crippen molar-refractivity contribution >= 4 is 49.0 Å². The number of aryl methyl sites for hydroxylation is 1. The van der Waals surface area contributed by atoms with Crippen molar-refractivity contribution in [3.8, 4) is 17.2 Å². The number of nitrogens with zero attached hydrogens (tertiary/aromatic N) is 3. The van der Waals surface area contributed by atoms with Crippen LogP contribution in [0, 0.1) is 0 Å². The van der Waals surface area contributed by atoms with Gasteiger partial charge in [-0.3, -0.25) is 4.79 Å². The Labute approximate surface area is 212 Å². The molecule has 4 aromatic rings. The summed E-state index contributed by atoms with van der Waals surface area (Å²) in [6, 6.07) is 16.8. The Bertz CT molecular complexity index is 1480. The highest BCUT2D eigenvalue weighted by Gasteiger charge is 2.14. The minimum atomic E-state index is -0.225. The van der Waals surface area contributed by atoms with E-state index in [4.69, 9.17) is 14.2 Å². The fourth-order valence-electron chi connectivity index (χ4n) is 3.61. The predicted molar refractivity (Wildman–Crippen MR) is 137 cm³/mol. The standard InChI is InChI=1S/C25H19Br2N3O4/c1-2-24-29-20-6-4-18(27)11-19(20)25(31)30(24)28-12-16-10-17(26)5-8-21(16)32-13-15-3-7-22-23(9-15)34-14-33-22/h3-12H,2,13-14H2,1H3. The summed E-state index contributed by atoms with van der Waals surface area (Å²) in [5, 5.41) is 4.99. The smallest absolute Gasteiger partial charge is 0.282 e. The fraction of sp³-hybridized carbons (Fsp3) is 0.160. The maximum Gasteiger partial charge on any atom is 0.282 e. The molecule has 5 rings (SSSR count). The minimum Gasteiger partial charge on any atom is -0.488 e. The molecule has 1 aromatic heterocycles. The first-order chi connectivity index (χ1) is 16.5. The number of aromatic nitrogens is 2. The molecule has 0 unspecified atom stereocenters. The number of ether oxygens (including phenoxy) is 3. The van der Waals surface area contributed by atoms with Crippen molar-refractivity contribution < 1.29 is 14.2 Å². The fourth-order valence-corrected chi connectivity index (χ4v) is 4.35. The minimum absolute atomic E-state index is 0.225. The number of benzene rings is 3. The van der Waals surface area contributed by atoms with Crippen LogP contribution in [0.1, 0.15) is 23.9 Å². The summed E-state index contributed by atoms with van der Waals surface area (Å²) >= 11 is 6.92. The molecular weight excluding hydrogens is 566 g/mol. The Balaban J connectivity index is 1.46. The normalized spacial score (nSPS) is 12.6. The van der Waals surface area contributed by atoms with Crippen molar-refractivity contribution in [1.29, 1.82) is 0 Å². The lowest BCUT2D eigenvalue weighted by Crippen LogP contribution is -2.22. The van der Waals surface area contributed by atoms with Gasteiger partial charge >= 0.3 is 0 Å². The zero-order chi connectivity index (χ0) is 23.7. The van der Waals surface area contributed by atoms with Gasteiger partial charge in [-0.15, -0.1) is 0 Å². The highest BCUT2D eigenvalue weighted by Crippen LogP contribution is 2.33. The second-order valence-electron chi connectivity index (χ2n) is 7.56. The summed E-state index contributed by atoms with van der Waals surface area (Å²) in [5.41, 5.74) is 2.09. The Kier molecular flexibility index (Phi) is 6.38. The van der Waals surface area contributed by atoms with Crippen LogP contribution in [0.25, 0.3) is 10.9 Å². The monoisotopic (exact) mass is 583 g/mol. The third-order valence-electron chi connectivity index (χ3n) is 5.31. The van der Waals surface area contributed by atoms with E-state index < -0.39 is 0 Å². The molecule has 172 valence electrons. The SMILES string of the molecule is CCc1nc2ccc(Br)cc2c(=O)n1N=Cc1cc(Br)ccc1OCc1ccc2c(c1)OCO2. The van der Waals surface area contributed by atoms with Gasteiger partial charge in [-0.25, -0.2) is 4.98 Å². The first kappa shape index (κ1) is 22.6. The molecule has 0 saturated heterocycles. The maximum absolute atomic E-state index is 13.2. The van der Waals surface area contributed by atoms with Crippen LogP contribution in [-0.2, 0) is 13.0 Å². The van der Waals surface area contributed by atoms with Gasteiger partial charge in [0.15, 0.2) is 11.5 Å². The summed E-state index contributed by atoms with van der Waals surface area (Å²) in [4.78, 5) is 17.8. The van der Waals surface area contributed by atoms with Gasteiger partial charge in [-0.05, 0) is 54.1 Å². The molecule has 2 heterocycles. The molecular formula is C25H19Br2N3O4. The van der Waals surface area contributed by atoms with Crippen molar-refractivity contribution in [2.75, 3.05) is 6.79 Å². The van der Waals surface area contributed by atoms with E-state index in [1.807, 2.05) is 55.5 Å². The summed E-state index contributed by atoms with van der Waals surface area (Å²) < 4.78 is 19.9. The molecule has 7 nitrogen and oxygen atoms in total. The van der Waals surface area contributed by atoms with Gasteiger partial charge in [0.05, 0.1) is 17.1 Å². The quantitative estimate of drug-likeness (QED) is 0.273. The molecule has 0 spiro atoms. The second-order valence-corrected chi connectivity index (χ2v) is 9.39. The molecule has 0 saturated carbocycles. The van der Waals surface area contributed by atoms with Crippen molar-refractivity contribution in [3.63, 3.8) is 0 Å². The van der Waals surface area contributed by atoms with Gasteiger partial charge in [-0.2, -0.15) is 9.78 Å². The van der Waals surface area contributed by atoms with E-state index >= 15 is 0 Å². The van der Waals surface area contributed by atoms with Crippen LogP contribution >= 0.6 is 31.9 Å². The molecule has 1 aliphatic rings. The van der Waals surface area contributed by atoms with E-state index in [-0.39, 0.29) is 12.4 Å². The van der Waals surface area contributed by atoms with Crippen LogP contribution in [0.5, 0.6) is 17.2 Å². The second kappa shape index (κ2) is 9.60. The molecule has 0 amide bonds. The lowest BCUT2D eigenvalue weighted by atomic mass is 10.2. The first-order valence-electron chi connectivity index (χ1n) is 10.6. The van der Waals surface area contributed by atoms with Crippen LogP contribution in [0.3, 0.4) is 0 Å². The molecule has 0 aliphatic carbocycles. The van der Waals surface area contributed by atoms with Gasteiger partial charge < -0.3 is 14.2 Å². The highest BCUT2D eigenvalue weighted by molar-refractivity contribution is 9.10. The predicted octanol–water partition coefficient (Wildman–Crippen LogP) is 5.67. The third kappa shape index (κ3) is 4.58. The molecule has 0 bridgehead atoms. The highest BCUT2D eigenvalue weighted by atomic mass is 79.9. The molecule has 34 heavy (non-hydrogen) atoms. The summed E-state index contributed by atoms with van der Waals surface area (Å²) in [5.74, 6) is 2.65. The average molecular weight is 585 g/mol. The summed E-state index contributed by atoms with van der Waals surface area (Å²) in [7, 11) is 0. The van der Waals surface area contributed by atoms with Crippen molar-refractivity contribution in [2.45, 2.75) is 20.0 Å². The molecule has 9 heteroatoms. The van der Waals surface area contributed by atoms with Crippen molar-refractivity contribution in [1.82, 2.24) is 9.66 Å². The lowest BCUT2D eigenvalue weighted by molar-refractivity contribution is 0.174.